The van der Waals surface area contributed by atoms with E-state index < -0.39 is 0 Å². The Morgan fingerprint density at radius 1 is 1.47 bits per heavy atom. The minimum Gasteiger partial charge on any atom is -0.398 e. The molecule has 1 aliphatic carbocycles. The van der Waals surface area contributed by atoms with Crippen LogP contribution in [-0.4, -0.2) is 24.4 Å². The van der Waals surface area contributed by atoms with Crippen LogP contribution in [0.15, 0.2) is 18.2 Å². The zero-order valence-corrected chi connectivity index (χ0v) is 10.6. The number of anilines is 1. The fourth-order valence-electron chi connectivity index (χ4n) is 2.24. The van der Waals surface area contributed by atoms with Crippen LogP contribution >= 0.6 is 0 Å². The number of nitrogens with zero attached hydrogens (tertiary/aromatic N) is 1. The molecular weight excluding hydrogens is 212 g/mol. The molecule has 0 unspecified atom stereocenters. The highest BCUT2D eigenvalue weighted by atomic mass is 16.2. The Kier molecular flexibility index (Phi) is 3.36. The molecule has 1 aromatic carbocycles. The monoisotopic (exact) mass is 232 g/mol. The lowest BCUT2D eigenvalue weighted by molar-refractivity contribution is 0.0744. The van der Waals surface area contributed by atoms with Crippen LogP contribution in [0.3, 0.4) is 0 Å². The molecule has 0 radical (unpaired) electrons. The topological polar surface area (TPSA) is 46.3 Å². The number of nitrogen functional groups attached to an aromatic ring is 1. The van der Waals surface area contributed by atoms with Crippen LogP contribution in [-0.2, 0) is 0 Å². The third-order valence-corrected chi connectivity index (χ3v) is 3.71. The van der Waals surface area contributed by atoms with Crippen molar-refractivity contribution in [2.24, 2.45) is 5.92 Å². The summed E-state index contributed by atoms with van der Waals surface area (Å²) in [6.07, 6.45) is 3.82. The maximum Gasteiger partial charge on any atom is 0.253 e. The first-order valence-electron chi connectivity index (χ1n) is 6.20. The second kappa shape index (κ2) is 4.78. The van der Waals surface area contributed by atoms with Gasteiger partial charge in [-0.25, -0.2) is 0 Å². The van der Waals surface area contributed by atoms with Gasteiger partial charge in [-0.05, 0) is 43.4 Å². The molecule has 1 amide bonds. The minimum absolute atomic E-state index is 0.0849. The molecule has 0 aliphatic heterocycles. The largest absolute Gasteiger partial charge is 0.398 e. The molecule has 1 aliphatic rings. The van der Waals surface area contributed by atoms with Crippen LogP contribution in [0.1, 0.15) is 35.2 Å². The Bertz CT molecular complexity index is 424. The van der Waals surface area contributed by atoms with Gasteiger partial charge in [-0.2, -0.15) is 0 Å². The fourth-order valence-corrected chi connectivity index (χ4v) is 2.24. The molecule has 0 spiro atoms. The second-order valence-electron chi connectivity index (χ2n) is 5.00. The fraction of sp³-hybridized carbons (Fsp3) is 0.500. The lowest BCUT2D eigenvalue weighted by Gasteiger charge is -2.30. The van der Waals surface area contributed by atoms with E-state index in [0.29, 0.717) is 11.6 Å². The van der Waals surface area contributed by atoms with Gasteiger partial charge >= 0.3 is 0 Å². The van der Waals surface area contributed by atoms with Crippen LogP contribution < -0.4 is 5.73 Å². The summed E-state index contributed by atoms with van der Waals surface area (Å²) in [4.78, 5) is 14.1. The van der Waals surface area contributed by atoms with E-state index in [4.69, 9.17) is 5.73 Å². The summed E-state index contributed by atoms with van der Waals surface area (Å²) < 4.78 is 0. The average Bonchev–Trinajstić information content (AvgIpc) is 2.26. The van der Waals surface area contributed by atoms with Gasteiger partial charge in [0, 0.05) is 24.8 Å². The number of rotatable bonds is 3. The molecule has 1 aromatic rings. The average molecular weight is 232 g/mol. The summed E-state index contributed by atoms with van der Waals surface area (Å²) in [5, 5.41) is 0. The molecule has 0 heterocycles. The zero-order valence-electron chi connectivity index (χ0n) is 10.6. The number of carbonyl (C=O) groups is 1. The van der Waals surface area contributed by atoms with Gasteiger partial charge in [0.05, 0.1) is 0 Å². The molecule has 3 nitrogen and oxygen atoms in total. The van der Waals surface area contributed by atoms with Gasteiger partial charge in [0.1, 0.15) is 0 Å². The summed E-state index contributed by atoms with van der Waals surface area (Å²) in [5.41, 5.74) is 8.13. The van der Waals surface area contributed by atoms with Crippen LogP contribution in [0, 0.1) is 12.8 Å². The number of amides is 1. The SMILES string of the molecule is Cc1c(N)cccc1C(=O)N(C)CC1CCC1. The van der Waals surface area contributed by atoms with Crippen molar-refractivity contribution in [3.8, 4) is 0 Å². The molecule has 1 fully saturated rings. The van der Waals surface area contributed by atoms with E-state index in [0.717, 1.165) is 17.7 Å². The maximum atomic E-state index is 12.3. The van der Waals surface area contributed by atoms with Gasteiger partial charge in [-0.15, -0.1) is 0 Å². The van der Waals surface area contributed by atoms with Crippen molar-refractivity contribution in [2.45, 2.75) is 26.2 Å². The summed E-state index contributed by atoms with van der Waals surface area (Å²) in [5.74, 6) is 0.784. The van der Waals surface area contributed by atoms with E-state index in [-0.39, 0.29) is 5.91 Å². The molecule has 17 heavy (non-hydrogen) atoms. The van der Waals surface area contributed by atoms with Crippen LogP contribution in [0.4, 0.5) is 5.69 Å². The number of nitrogens with two attached hydrogens (primary N) is 1. The maximum absolute atomic E-state index is 12.3. The third kappa shape index (κ3) is 2.43. The van der Waals surface area contributed by atoms with Crippen LogP contribution in [0.2, 0.25) is 0 Å². The van der Waals surface area contributed by atoms with E-state index in [1.165, 1.54) is 19.3 Å². The first-order chi connectivity index (χ1) is 8.09. The van der Waals surface area contributed by atoms with E-state index >= 15 is 0 Å². The quantitative estimate of drug-likeness (QED) is 0.814. The smallest absolute Gasteiger partial charge is 0.253 e. The Balaban J connectivity index is 2.09. The van der Waals surface area contributed by atoms with Crippen molar-refractivity contribution < 1.29 is 4.79 Å². The highest BCUT2D eigenvalue weighted by molar-refractivity contribution is 5.96. The molecule has 0 bridgehead atoms. The summed E-state index contributed by atoms with van der Waals surface area (Å²) in [7, 11) is 1.88. The molecule has 2 N–H and O–H groups in total. The second-order valence-corrected chi connectivity index (χ2v) is 5.00. The number of carbonyl (C=O) groups excluding carboxylic acids is 1. The summed E-state index contributed by atoms with van der Waals surface area (Å²) in [6.45, 7) is 2.77. The van der Waals surface area contributed by atoms with E-state index in [1.807, 2.05) is 37.1 Å². The van der Waals surface area contributed by atoms with Gasteiger partial charge in [-0.1, -0.05) is 12.5 Å². The minimum atomic E-state index is 0.0849. The molecule has 3 heteroatoms. The molecular formula is C14H20N2O. The van der Waals surface area contributed by atoms with Crippen LogP contribution in [0.5, 0.6) is 0 Å². The molecule has 1 saturated carbocycles. The van der Waals surface area contributed by atoms with Gasteiger partial charge in [-0.3, -0.25) is 4.79 Å². The van der Waals surface area contributed by atoms with E-state index in [9.17, 15) is 4.79 Å². The normalized spacial score (nSPS) is 15.4. The molecule has 92 valence electrons. The number of benzene rings is 1. The highest BCUT2D eigenvalue weighted by Crippen LogP contribution is 2.27. The number of hydrogen-bond donors (Lipinski definition) is 1. The van der Waals surface area contributed by atoms with Crippen molar-refractivity contribution >= 4 is 11.6 Å². The van der Waals surface area contributed by atoms with Gasteiger partial charge in [0.2, 0.25) is 0 Å². The van der Waals surface area contributed by atoms with Gasteiger partial charge in [0.25, 0.3) is 5.91 Å². The molecule has 0 aromatic heterocycles. The standard InChI is InChI=1S/C14H20N2O/c1-10-12(7-4-8-13(10)15)14(17)16(2)9-11-5-3-6-11/h4,7-8,11H,3,5-6,9,15H2,1-2H3. The Morgan fingerprint density at radius 2 is 2.18 bits per heavy atom. The van der Waals surface area contributed by atoms with Crippen molar-refractivity contribution in [1.29, 1.82) is 0 Å². The van der Waals surface area contributed by atoms with E-state index in [2.05, 4.69) is 0 Å². The van der Waals surface area contributed by atoms with E-state index in [1.54, 1.807) is 0 Å². The van der Waals surface area contributed by atoms with Crippen molar-refractivity contribution in [2.75, 3.05) is 19.3 Å². The molecule has 2 rings (SSSR count). The predicted molar refractivity (Wildman–Crippen MR) is 69.9 cm³/mol. The molecule has 0 saturated heterocycles. The highest BCUT2D eigenvalue weighted by Gasteiger charge is 2.22. The first kappa shape index (κ1) is 12.0. The molecule has 0 atom stereocenters. The lowest BCUT2D eigenvalue weighted by Crippen LogP contribution is -2.34. The van der Waals surface area contributed by atoms with Crippen molar-refractivity contribution in [3.63, 3.8) is 0 Å². The third-order valence-electron chi connectivity index (χ3n) is 3.71. The zero-order chi connectivity index (χ0) is 12.4. The predicted octanol–water partition coefficient (Wildman–Crippen LogP) is 2.45. The van der Waals surface area contributed by atoms with Crippen molar-refractivity contribution in [1.82, 2.24) is 4.90 Å². The Labute approximate surface area is 103 Å². The lowest BCUT2D eigenvalue weighted by atomic mass is 9.85. The summed E-state index contributed by atoms with van der Waals surface area (Å²) in [6, 6.07) is 5.52. The Morgan fingerprint density at radius 3 is 2.76 bits per heavy atom. The van der Waals surface area contributed by atoms with Crippen LogP contribution in [0.25, 0.3) is 0 Å². The number of hydrogen-bond acceptors (Lipinski definition) is 2. The van der Waals surface area contributed by atoms with Gasteiger partial charge < -0.3 is 10.6 Å². The van der Waals surface area contributed by atoms with Gasteiger partial charge in [0.15, 0.2) is 0 Å². The summed E-state index contributed by atoms with van der Waals surface area (Å²) >= 11 is 0. The first-order valence-corrected chi connectivity index (χ1v) is 6.20. The van der Waals surface area contributed by atoms with Crippen molar-refractivity contribution in [3.05, 3.63) is 29.3 Å². The Hall–Kier alpha value is -1.51.